The van der Waals surface area contributed by atoms with Crippen LogP contribution in [-0.4, -0.2) is 15.5 Å². The predicted molar refractivity (Wildman–Crippen MR) is 83.0 cm³/mol. The Morgan fingerprint density at radius 1 is 1.05 bits per heavy atom. The third-order valence-electron chi connectivity index (χ3n) is 3.17. The topological polar surface area (TPSA) is 37.4 Å². The zero-order chi connectivity index (χ0) is 14.9. The molecule has 0 radical (unpaired) electrons. The first-order chi connectivity index (χ1) is 9.32. The van der Waals surface area contributed by atoms with E-state index in [0.29, 0.717) is 10.7 Å². The van der Waals surface area contributed by atoms with E-state index >= 15 is 0 Å². The van der Waals surface area contributed by atoms with Crippen molar-refractivity contribution in [2.75, 3.05) is 11.4 Å². The highest BCUT2D eigenvalue weighted by Gasteiger charge is 2.21. The van der Waals surface area contributed by atoms with Gasteiger partial charge in [0.25, 0.3) is 10.0 Å². The Morgan fingerprint density at radius 3 is 2.35 bits per heavy atom. The van der Waals surface area contributed by atoms with Crippen LogP contribution in [0.5, 0.6) is 0 Å². The SMILES string of the molecule is Cc1cccc(N(C)S(=O)(=O)c2ccc(C)c(Cl)c2)c1. The zero-order valence-corrected chi connectivity index (χ0v) is 13.2. The zero-order valence-electron chi connectivity index (χ0n) is 11.6. The largest absolute Gasteiger partial charge is 0.269 e. The summed E-state index contributed by atoms with van der Waals surface area (Å²) in [6.07, 6.45) is 0. The van der Waals surface area contributed by atoms with Gasteiger partial charge < -0.3 is 0 Å². The molecule has 0 fully saturated rings. The van der Waals surface area contributed by atoms with E-state index in [2.05, 4.69) is 0 Å². The van der Waals surface area contributed by atoms with Crippen LogP contribution in [0.2, 0.25) is 5.02 Å². The van der Waals surface area contributed by atoms with Gasteiger partial charge in [0.05, 0.1) is 10.6 Å². The Morgan fingerprint density at radius 2 is 1.75 bits per heavy atom. The number of hydrogen-bond donors (Lipinski definition) is 0. The highest BCUT2D eigenvalue weighted by molar-refractivity contribution is 7.92. The molecular weight excluding hydrogens is 294 g/mol. The van der Waals surface area contributed by atoms with Crippen LogP contribution in [-0.2, 0) is 10.0 Å². The second-order valence-electron chi connectivity index (χ2n) is 4.72. The molecule has 0 saturated heterocycles. The smallest absolute Gasteiger partial charge is 0.264 e. The van der Waals surface area contributed by atoms with E-state index in [-0.39, 0.29) is 4.90 Å². The van der Waals surface area contributed by atoms with Gasteiger partial charge in [-0.2, -0.15) is 0 Å². The van der Waals surface area contributed by atoms with Gasteiger partial charge in [-0.1, -0.05) is 29.8 Å². The lowest BCUT2D eigenvalue weighted by Crippen LogP contribution is -2.26. The fourth-order valence-corrected chi connectivity index (χ4v) is 3.31. The van der Waals surface area contributed by atoms with Crippen LogP contribution in [0.15, 0.2) is 47.4 Å². The van der Waals surface area contributed by atoms with Crippen molar-refractivity contribution in [3.63, 3.8) is 0 Å². The molecule has 106 valence electrons. The summed E-state index contributed by atoms with van der Waals surface area (Å²) >= 11 is 6.01. The summed E-state index contributed by atoms with van der Waals surface area (Å²) in [5, 5.41) is 0.448. The van der Waals surface area contributed by atoms with E-state index in [1.165, 1.54) is 17.4 Å². The molecule has 20 heavy (non-hydrogen) atoms. The van der Waals surface area contributed by atoms with Gasteiger partial charge in [-0.15, -0.1) is 0 Å². The molecule has 0 atom stereocenters. The second kappa shape index (κ2) is 5.46. The molecule has 0 aliphatic carbocycles. The van der Waals surface area contributed by atoms with Crippen molar-refractivity contribution in [3.05, 3.63) is 58.6 Å². The first-order valence-corrected chi connectivity index (χ1v) is 7.96. The molecule has 2 rings (SSSR count). The fraction of sp³-hybridized carbons (Fsp3) is 0.200. The van der Waals surface area contributed by atoms with Crippen molar-refractivity contribution >= 4 is 27.3 Å². The number of aryl methyl sites for hydroxylation is 2. The number of halogens is 1. The van der Waals surface area contributed by atoms with Crippen molar-refractivity contribution < 1.29 is 8.42 Å². The predicted octanol–water partition coefficient (Wildman–Crippen LogP) is 3.78. The second-order valence-corrected chi connectivity index (χ2v) is 7.10. The molecule has 3 nitrogen and oxygen atoms in total. The number of nitrogens with zero attached hydrogens (tertiary/aromatic N) is 1. The van der Waals surface area contributed by atoms with Crippen LogP contribution < -0.4 is 4.31 Å². The summed E-state index contributed by atoms with van der Waals surface area (Å²) in [7, 11) is -2.06. The van der Waals surface area contributed by atoms with Gasteiger partial charge in [0.1, 0.15) is 0 Å². The Labute approximate surface area is 124 Å². The molecule has 0 aliphatic rings. The average molecular weight is 310 g/mol. The Balaban J connectivity index is 2.46. The Hall–Kier alpha value is -1.52. The van der Waals surface area contributed by atoms with E-state index < -0.39 is 10.0 Å². The summed E-state index contributed by atoms with van der Waals surface area (Å²) in [4.78, 5) is 0.192. The normalized spacial score (nSPS) is 11.4. The Kier molecular flexibility index (Phi) is 4.06. The third kappa shape index (κ3) is 2.81. The van der Waals surface area contributed by atoms with Crippen molar-refractivity contribution in [1.29, 1.82) is 0 Å². The van der Waals surface area contributed by atoms with Crippen molar-refractivity contribution in [3.8, 4) is 0 Å². The fourth-order valence-electron chi connectivity index (χ4n) is 1.85. The van der Waals surface area contributed by atoms with Gasteiger partial charge in [-0.05, 0) is 49.2 Å². The monoisotopic (exact) mass is 309 g/mol. The molecule has 0 bridgehead atoms. The molecule has 0 aliphatic heterocycles. The lowest BCUT2D eigenvalue weighted by molar-refractivity contribution is 0.594. The summed E-state index contributed by atoms with van der Waals surface area (Å²) in [5.41, 5.74) is 2.48. The minimum absolute atomic E-state index is 0.192. The first kappa shape index (κ1) is 14.9. The van der Waals surface area contributed by atoms with Gasteiger partial charge in [-0.3, -0.25) is 4.31 Å². The van der Waals surface area contributed by atoms with Gasteiger partial charge in [0.2, 0.25) is 0 Å². The van der Waals surface area contributed by atoms with Crippen LogP contribution in [0.3, 0.4) is 0 Å². The van der Waals surface area contributed by atoms with Gasteiger partial charge >= 0.3 is 0 Å². The average Bonchev–Trinajstić information content (AvgIpc) is 2.40. The van der Waals surface area contributed by atoms with Crippen molar-refractivity contribution in [2.24, 2.45) is 0 Å². The lowest BCUT2D eigenvalue weighted by atomic mass is 10.2. The number of hydrogen-bond acceptors (Lipinski definition) is 2. The summed E-state index contributed by atoms with van der Waals surface area (Å²) in [5.74, 6) is 0. The van der Waals surface area contributed by atoms with Crippen LogP contribution in [0, 0.1) is 13.8 Å². The molecule has 5 heteroatoms. The van der Waals surface area contributed by atoms with E-state index in [4.69, 9.17) is 11.6 Å². The number of benzene rings is 2. The van der Waals surface area contributed by atoms with Crippen LogP contribution in [0.4, 0.5) is 5.69 Å². The molecule has 0 N–H and O–H groups in total. The van der Waals surface area contributed by atoms with Crippen LogP contribution in [0.25, 0.3) is 0 Å². The molecule has 2 aromatic carbocycles. The van der Waals surface area contributed by atoms with Crippen molar-refractivity contribution in [2.45, 2.75) is 18.7 Å². The molecule has 0 unspecified atom stereocenters. The number of sulfonamides is 1. The lowest BCUT2D eigenvalue weighted by Gasteiger charge is -2.20. The molecule has 0 amide bonds. The summed E-state index contributed by atoms with van der Waals surface area (Å²) < 4.78 is 26.4. The minimum Gasteiger partial charge on any atom is -0.269 e. The minimum atomic E-state index is -3.60. The third-order valence-corrected chi connectivity index (χ3v) is 5.36. The Bertz CT molecular complexity index is 741. The highest BCUT2D eigenvalue weighted by Crippen LogP contribution is 2.25. The van der Waals surface area contributed by atoms with E-state index in [0.717, 1.165) is 11.1 Å². The molecular formula is C15H16ClNO2S. The van der Waals surface area contributed by atoms with Gasteiger partial charge in [0.15, 0.2) is 0 Å². The van der Waals surface area contributed by atoms with Gasteiger partial charge in [-0.25, -0.2) is 8.42 Å². The molecule has 0 saturated carbocycles. The number of anilines is 1. The molecule has 0 aromatic heterocycles. The van der Waals surface area contributed by atoms with Crippen LogP contribution >= 0.6 is 11.6 Å². The maximum absolute atomic E-state index is 12.6. The standard InChI is InChI=1S/C15H16ClNO2S/c1-11-5-4-6-13(9-11)17(3)20(18,19)14-8-7-12(2)15(16)10-14/h4-10H,1-3H3. The van der Waals surface area contributed by atoms with E-state index in [1.807, 2.05) is 32.0 Å². The van der Waals surface area contributed by atoms with E-state index in [1.54, 1.807) is 18.2 Å². The molecule has 2 aromatic rings. The first-order valence-electron chi connectivity index (χ1n) is 6.14. The highest BCUT2D eigenvalue weighted by atomic mass is 35.5. The van der Waals surface area contributed by atoms with Crippen molar-refractivity contribution in [1.82, 2.24) is 0 Å². The maximum Gasteiger partial charge on any atom is 0.264 e. The maximum atomic E-state index is 12.6. The quantitative estimate of drug-likeness (QED) is 0.865. The molecule has 0 spiro atoms. The van der Waals surface area contributed by atoms with Gasteiger partial charge in [0, 0.05) is 12.1 Å². The summed E-state index contributed by atoms with van der Waals surface area (Å²) in [6.45, 7) is 3.76. The van der Waals surface area contributed by atoms with E-state index in [9.17, 15) is 8.42 Å². The molecule has 0 heterocycles. The summed E-state index contributed by atoms with van der Waals surface area (Å²) in [6, 6.07) is 12.1. The van der Waals surface area contributed by atoms with Crippen LogP contribution in [0.1, 0.15) is 11.1 Å². The number of rotatable bonds is 3.